The van der Waals surface area contributed by atoms with E-state index in [1.807, 2.05) is 30.3 Å². The molecule has 2 amide bonds. The van der Waals surface area contributed by atoms with Crippen LogP contribution < -0.4 is 5.32 Å². The maximum absolute atomic E-state index is 12.8. The van der Waals surface area contributed by atoms with Gasteiger partial charge in [-0.15, -0.1) is 0 Å². The van der Waals surface area contributed by atoms with E-state index in [0.29, 0.717) is 17.0 Å². The van der Waals surface area contributed by atoms with E-state index < -0.39 is 17.6 Å². The highest BCUT2D eigenvalue weighted by Crippen LogP contribution is 2.37. The highest BCUT2D eigenvalue weighted by atomic mass is 79.9. The summed E-state index contributed by atoms with van der Waals surface area (Å²) < 4.78 is 40.0. The number of rotatable bonds is 4. The number of urea groups is 1. The quantitative estimate of drug-likeness (QED) is 0.440. The summed E-state index contributed by atoms with van der Waals surface area (Å²) in [6.07, 6.45) is 3.01. The minimum Gasteiger partial charge on any atom is -0.306 e. The second-order valence-electron chi connectivity index (χ2n) is 6.91. The van der Waals surface area contributed by atoms with Crippen LogP contribution >= 0.6 is 27.7 Å². The molecule has 2 heterocycles. The Labute approximate surface area is 199 Å². The van der Waals surface area contributed by atoms with Gasteiger partial charge in [-0.3, -0.25) is 4.68 Å². The standard InChI is InChI=1S/C21H14BrF3N6OS/c22-15-3-1-14(2-4-15)19-18(30-11-13(9-26)10-27-30)12-31(29-19)20(32)28-16-5-7-17(8-6-16)33-21(23,24)25/h1-8,10-11,18H,12H2,(H,28,32). The number of hydrazone groups is 1. The fourth-order valence-electron chi connectivity index (χ4n) is 3.19. The normalized spacial score (nSPS) is 15.8. The molecule has 12 heteroatoms. The second kappa shape index (κ2) is 9.29. The summed E-state index contributed by atoms with van der Waals surface area (Å²) in [6.45, 7) is 0.159. The average Bonchev–Trinajstić information content (AvgIpc) is 3.42. The lowest BCUT2D eigenvalue weighted by Crippen LogP contribution is -2.31. The minimum absolute atomic E-state index is 0.0178. The van der Waals surface area contributed by atoms with Crippen LogP contribution in [0, 0.1) is 11.3 Å². The van der Waals surface area contributed by atoms with E-state index in [1.165, 1.54) is 35.5 Å². The first-order chi connectivity index (χ1) is 15.7. The summed E-state index contributed by atoms with van der Waals surface area (Å²) in [4.78, 5) is 12.8. The lowest BCUT2D eigenvalue weighted by atomic mass is 10.0. The topological polar surface area (TPSA) is 86.3 Å². The van der Waals surface area contributed by atoms with E-state index in [1.54, 1.807) is 10.9 Å². The fourth-order valence-corrected chi connectivity index (χ4v) is 3.99. The summed E-state index contributed by atoms with van der Waals surface area (Å²) >= 11 is 3.16. The predicted molar refractivity (Wildman–Crippen MR) is 121 cm³/mol. The Bertz CT molecular complexity index is 1230. The molecule has 7 nitrogen and oxygen atoms in total. The summed E-state index contributed by atoms with van der Waals surface area (Å²) in [5.41, 5.74) is -2.31. The number of carbonyl (C=O) groups excluding carboxylic acids is 1. The zero-order valence-electron chi connectivity index (χ0n) is 16.6. The number of anilines is 1. The Balaban J connectivity index is 1.55. The van der Waals surface area contributed by atoms with Crippen LogP contribution in [0.4, 0.5) is 23.7 Å². The van der Waals surface area contributed by atoms with Crippen LogP contribution in [0.5, 0.6) is 0 Å². The predicted octanol–water partition coefficient (Wildman–Crippen LogP) is 5.62. The molecule has 0 bridgehead atoms. The number of nitrogens with one attached hydrogen (secondary N) is 1. The first kappa shape index (κ1) is 22.9. The van der Waals surface area contributed by atoms with Gasteiger partial charge in [-0.2, -0.15) is 28.6 Å². The molecule has 0 fully saturated rings. The molecule has 0 spiro atoms. The van der Waals surface area contributed by atoms with Gasteiger partial charge in [-0.1, -0.05) is 28.1 Å². The van der Waals surface area contributed by atoms with Crippen LogP contribution in [0.25, 0.3) is 0 Å². The minimum atomic E-state index is -4.38. The van der Waals surface area contributed by atoms with Gasteiger partial charge in [0.15, 0.2) is 0 Å². The third-order valence-electron chi connectivity index (χ3n) is 4.65. The van der Waals surface area contributed by atoms with Crippen LogP contribution in [0.3, 0.4) is 0 Å². The molecule has 4 rings (SSSR count). The maximum Gasteiger partial charge on any atom is 0.446 e. The molecule has 1 atom stereocenters. The van der Waals surface area contributed by atoms with E-state index >= 15 is 0 Å². The van der Waals surface area contributed by atoms with Gasteiger partial charge in [0.2, 0.25) is 0 Å². The molecule has 1 unspecified atom stereocenters. The Morgan fingerprint density at radius 3 is 2.48 bits per heavy atom. The number of hydrogen-bond acceptors (Lipinski definition) is 5. The van der Waals surface area contributed by atoms with Gasteiger partial charge in [0.1, 0.15) is 12.1 Å². The van der Waals surface area contributed by atoms with Crippen LogP contribution in [0.1, 0.15) is 17.2 Å². The number of amides is 2. The number of nitriles is 1. The number of carbonyl (C=O) groups is 1. The molecule has 0 saturated carbocycles. The molecule has 0 radical (unpaired) electrons. The zero-order valence-corrected chi connectivity index (χ0v) is 19.0. The summed E-state index contributed by atoms with van der Waals surface area (Å²) in [6, 6.07) is 13.8. The second-order valence-corrected chi connectivity index (χ2v) is 8.97. The van der Waals surface area contributed by atoms with Gasteiger partial charge < -0.3 is 5.32 Å². The van der Waals surface area contributed by atoms with Crippen LogP contribution in [-0.4, -0.2) is 38.6 Å². The summed E-state index contributed by atoms with van der Waals surface area (Å²) in [5, 5.41) is 21.7. The molecule has 0 aliphatic carbocycles. The average molecular weight is 535 g/mol. The van der Waals surface area contributed by atoms with Crippen molar-refractivity contribution in [2.45, 2.75) is 16.4 Å². The van der Waals surface area contributed by atoms with E-state index in [0.717, 1.165) is 10.0 Å². The van der Waals surface area contributed by atoms with Gasteiger partial charge in [0.25, 0.3) is 0 Å². The van der Waals surface area contributed by atoms with E-state index in [-0.39, 0.29) is 23.2 Å². The van der Waals surface area contributed by atoms with Crippen molar-refractivity contribution in [2.24, 2.45) is 5.10 Å². The molecular formula is C21H14BrF3N6OS. The molecule has 1 aliphatic heterocycles. The van der Waals surface area contributed by atoms with Gasteiger partial charge in [0.05, 0.1) is 24.0 Å². The van der Waals surface area contributed by atoms with Crippen molar-refractivity contribution in [3.05, 3.63) is 76.5 Å². The molecule has 33 heavy (non-hydrogen) atoms. The SMILES string of the molecule is N#Cc1cnn(C2CN(C(=O)Nc3ccc(SC(F)(F)F)cc3)N=C2c2ccc(Br)cc2)c1. The molecule has 2 aromatic carbocycles. The highest BCUT2D eigenvalue weighted by Gasteiger charge is 2.33. The molecule has 1 aliphatic rings. The van der Waals surface area contributed by atoms with E-state index in [4.69, 9.17) is 5.26 Å². The zero-order chi connectivity index (χ0) is 23.6. The van der Waals surface area contributed by atoms with Gasteiger partial charge in [0, 0.05) is 26.8 Å². The van der Waals surface area contributed by atoms with Crippen molar-refractivity contribution in [1.29, 1.82) is 5.26 Å². The summed E-state index contributed by atoms with van der Waals surface area (Å²) in [7, 11) is 0. The first-order valence-electron chi connectivity index (χ1n) is 9.45. The number of halogens is 4. The monoisotopic (exact) mass is 534 g/mol. The maximum atomic E-state index is 12.8. The molecule has 3 aromatic rings. The highest BCUT2D eigenvalue weighted by molar-refractivity contribution is 9.10. The van der Waals surface area contributed by atoms with Gasteiger partial charge in [-0.05, 0) is 48.2 Å². The molecular weight excluding hydrogens is 521 g/mol. The van der Waals surface area contributed by atoms with Gasteiger partial charge >= 0.3 is 11.5 Å². The Morgan fingerprint density at radius 1 is 1.18 bits per heavy atom. The third kappa shape index (κ3) is 5.55. The van der Waals surface area contributed by atoms with Crippen molar-refractivity contribution in [3.63, 3.8) is 0 Å². The number of hydrogen-bond donors (Lipinski definition) is 1. The van der Waals surface area contributed by atoms with Crippen molar-refractivity contribution >= 4 is 45.1 Å². The number of benzene rings is 2. The van der Waals surface area contributed by atoms with Crippen molar-refractivity contribution < 1.29 is 18.0 Å². The molecule has 1 N–H and O–H groups in total. The third-order valence-corrected chi connectivity index (χ3v) is 5.92. The number of thioether (sulfide) groups is 1. The summed E-state index contributed by atoms with van der Waals surface area (Å²) in [5.74, 6) is 0. The van der Waals surface area contributed by atoms with Crippen molar-refractivity contribution in [2.75, 3.05) is 11.9 Å². The van der Waals surface area contributed by atoms with E-state index in [2.05, 4.69) is 31.4 Å². The fraction of sp³-hybridized carbons (Fsp3) is 0.143. The Kier molecular flexibility index (Phi) is 6.44. The first-order valence-corrected chi connectivity index (χ1v) is 11.1. The molecule has 168 valence electrons. The molecule has 0 saturated heterocycles. The Hall–Kier alpha value is -3.30. The van der Waals surface area contributed by atoms with Crippen molar-refractivity contribution in [1.82, 2.24) is 14.8 Å². The van der Waals surface area contributed by atoms with E-state index in [9.17, 15) is 18.0 Å². The number of aromatic nitrogens is 2. The van der Waals surface area contributed by atoms with Crippen molar-refractivity contribution in [3.8, 4) is 6.07 Å². The van der Waals surface area contributed by atoms with Gasteiger partial charge in [-0.25, -0.2) is 9.80 Å². The Morgan fingerprint density at radius 2 is 1.88 bits per heavy atom. The smallest absolute Gasteiger partial charge is 0.306 e. The van der Waals surface area contributed by atoms with Crippen LogP contribution in [0.15, 0.2) is 75.4 Å². The number of nitrogens with zero attached hydrogens (tertiary/aromatic N) is 5. The van der Waals surface area contributed by atoms with Crippen LogP contribution in [0.2, 0.25) is 0 Å². The van der Waals surface area contributed by atoms with Crippen LogP contribution in [-0.2, 0) is 0 Å². The largest absolute Gasteiger partial charge is 0.446 e. The lowest BCUT2D eigenvalue weighted by Gasteiger charge is -2.16. The molecule has 1 aromatic heterocycles. The lowest BCUT2D eigenvalue weighted by molar-refractivity contribution is -0.0328. The number of alkyl halides is 3.